The van der Waals surface area contributed by atoms with E-state index in [2.05, 4.69) is 47.7 Å². The number of nitrogens with one attached hydrogen (secondary N) is 3. The van der Waals surface area contributed by atoms with Gasteiger partial charge in [-0.1, -0.05) is 0 Å². The van der Waals surface area contributed by atoms with Crippen LogP contribution in [0.1, 0.15) is 54.4 Å². The van der Waals surface area contributed by atoms with Crippen LogP contribution >= 0.6 is 0 Å². The second-order valence-electron chi connectivity index (χ2n) is 19.5. The number of carbonyl (C=O) groups excluding carboxylic acids is 5. The summed E-state index contributed by atoms with van der Waals surface area (Å²) in [5.74, 6) is 0.546. The highest BCUT2D eigenvalue weighted by Crippen LogP contribution is 2.48. The van der Waals surface area contributed by atoms with E-state index in [9.17, 15) is 28.4 Å². The summed E-state index contributed by atoms with van der Waals surface area (Å²) >= 11 is 0. The van der Waals surface area contributed by atoms with Gasteiger partial charge in [-0.2, -0.15) is 0 Å². The van der Waals surface area contributed by atoms with Gasteiger partial charge < -0.3 is 39.7 Å². The van der Waals surface area contributed by atoms with Crippen molar-refractivity contribution < 1.29 is 37.8 Å². The lowest BCUT2D eigenvalue weighted by atomic mass is 9.95. The van der Waals surface area contributed by atoms with Gasteiger partial charge in [0.05, 0.1) is 18.3 Å². The summed E-state index contributed by atoms with van der Waals surface area (Å²) in [4.78, 5) is 79.9. The number of hydrogen-bond donors (Lipinski definition) is 3. The monoisotopic (exact) mass is 949 g/mol. The summed E-state index contributed by atoms with van der Waals surface area (Å²) in [7, 11) is 1.69. The standard InChI is InChI=1S/C53H56FN9O7/c1-69-47-27-42-43(55-19-14-46(42)70-40-9-6-37(7-10-40)57-52(68)53(17-18-53)51(67)56-36-4-2-35(54)3-5-36)28-45(47)61-20-15-33(16-21-61)29-59-22-24-60(25-23-59)39-31-62(32-39)38-8-11-41-34(26-38)30-63(50(41)66)44-12-13-48(64)58-49(44)65/h2-11,14,19,26-28,33,39,44H,12-13,15-18,20-25,29-32H2,1H3,(H,56,67)(H,57,68)(H,58,64,65)/t44-/m0/s1. The molecule has 5 fully saturated rings. The van der Waals surface area contributed by atoms with Crippen LogP contribution in [0, 0.1) is 17.2 Å². The minimum Gasteiger partial charge on any atom is -0.495 e. The first-order chi connectivity index (χ1) is 34.0. The molecular weight excluding hydrogens is 894 g/mol. The molecule has 362 valence electrons. The molecule has 0 spiro atoms. The third-order valence-corrected chi connectivity index (χ3v) is 15.2. The zero-order valence-electron chi connectivity index (χ0n) is 39.1. The van der Waals surface area contributed by atoms with Crippen molar-refractivity contribution in [1.29, 1.82) is 0 Å². The molecule has 0 radical (unpaired) electrons. The van der Waals surface area contributed by atoms with Gasteiger partial charge in [0.15, 0.2) is 0 Å². The number of piperazine rings is 1. The Morgan fingerprint density at radius 3 is 2.17 bits per heavy atom. The van der Waals surface area contributed by atoms with Gasteiger partial charge in [0.2, 0.25) is 23.6 Å². The van der Waals surface area contributed by atoms with Gasteiger partial charge >= 0.3 is 0 Å². The maximum atomic E-state index is 13.3. The summed E-state index contributed by atoms with van der Waals surface area (Å²) in [5.41, 5.74) is 4.31. The topological polar surface area (TPSA) is 169 Å². The maximum absolute atomic E-state index is 13.3. The molecule has 1 atom stereocenters. The quantitative estimate of drug-likeness (QED) is 0.0930. The molecule has 1 aliphatic carbocycles. The molecule has 11 rings (SSSR count). The van der Waals surface area contributed by atoms with E-state index in [-0.39, 0.29) is 30.0 Å². The van der Waals surface area contributed by atoms with Gasteiger partial charge in [0.1, 0.15) is 34.5 Å². The van der Waals surface area contributed by atoms with Crippen LogP contribution in [0.4, 0.5) is 27.1 Å². The first-order valence-electron chi connectivity index (χ1n) is 24.4. The minimum atomic E-state index is -1.17. The van der Waals surface area contributed by atoms with E-state index in [0.29, 0.717) is 66.2 Å². The average molecular weight is 950 g/mol. The van der Waals surface area contributed by atoms with Crippen molar-refractivity contribution in [3.05, 3.63) is 108 Å². The van der Waals surface area contributed by atoms with Crippen LogP contribution in [0.5, 0.6) is 17.2 Å². The van der Waals surface area contributed by atoms with Crippen LogP contribution < -0.4 is 35.2 Å². The van der Waals surface area contributed by atoms with Crippen molar-refractivity contribution in [1.82, 2.24) is 25.0 Å². The molecule has 6 heterocycles. The number of rotatable bonds is 13. The third-order valence-electron chi connectivity index (χ3n) is 15.2. The molecule has 4 aromatic carbocycles. The molecule has 0 unspecified atom stereocenters. The first kappa shape index (κ1) is 45.3. The zero-order valence-corrected chi connectivity index (χ0v) is 39.1. The number of halogens is 1. The van der Waals surface area contributed by atoms with Crippen LogP contribution in [-0.2, 0) is 25.7 Å². The van der Waals surface area contributed by atoms with Crippen molar-refractivity contribution in [3.63, 3.8) is 0 Å². The fraction of sp³-hybridized carbons (Fsp3) is 0.396. The van der Waals surface area contributed by atoms with Gasteiger partial charge in [-0.15, -0.1) is 0 Å². The van der Waals surface area contributed by atoms with E-state index in [1.807, 2.05) is 24.3 Å². The Labute approximate surface area is 405 Å². The first-order valence-corrected chi connectivity index (χ1v) is 24.4. The molecule has 70 heavy (non-hydrogen) atoms. The summed E-state index contributed by atoms with van der Waals surface area (Å²) in [6, 6.07) is 24.3. The Kier molecular flexibility index (Phi) is 12.1. The number of ether oxygens (including phenoxy) is 2. The molecule has 5 aromatic rings. The Bertz CT molecular complexity index is 2850. The van der Waals surface area contributed by atoms with E-state index in [1.54, 1.807) is 42.5 Å². The number of aromatic nitrogens is 1. The van der Waals surface area contributed by atoms with E-state index in [1.165, 1.54) is 24.3 Å². The van der Waals surface area contributed by atoms with Gasteiger partial charge in [-0.25, -0.2) is 4.39 Å². The second kappa shape index (κ2) is 18.7. The molecular formula is C53H56FN9O7. The van der Waals surface area contributed by atoms with Crippen LogP contribution in [0.3, 0.4) is 0 Å². The summed E-state index contributed by atoms with van der Waals surface area (Å²) in [6.07, 6.45) is 5.39. The predicted octanol–water partition coefficient (Wildman–Crippen LogP) is 6.02. The maximum Gasteiger partial charge on any atom is 0.255 e. The van der Waals surface area contributed by atoms with Gasteiger partial charge in [-0.05, 0) is 129 Å². The molecule has 16 nitrogen and oxygen atoms in total. The number of pyridine rings is 1. The minimum absolute atomic E-state index is 0.140. The molecule has 1 aromatic heterocycles. The van der Waals surface area contributed by atoms with Crippen molar-refractivity contribution in [2.75, 3.05) is 86.4 Å². The van der Waals surface area contributed by atoms with E-state index in [0.717, 1.165) is 105 Å². The highest BCUT2D eigenvalue weighted by atomic mass is 19.1. The predicted molar refractivity (Wildman–Crippen MR) is 262 cm³/mol. The summed E-state index contributed by atoms with van der Waals surface area (Å²) < 4.78 is 25.7. The number of methoxy groups -OCH3 is 1. The smallest absolute Gasteiger partial charge is 0.255 e. The second-order valence-corrected chi connectivity index (χ2v) is 19.5. The van der Waals surface area contributed by atoms with Crippen LogP contribution in [0.25, 0.3) is 10.9 Å². The normalized spacial score (nSPS) is 20.7. The van der Waals surface area contributed by atoms with Crippen LogP contribution in [0.15, 0.2) is 91.1 Å². The Morgan fingerprint density at radius 2 is 1.50 bits per heavy atom. The van der Waals surface area contributed by atoms with E-state index >= 15 is 0 Å². The number of fused-ring (bicyclic) bond motifs is 2. The highest BCUT2D eigenvalue weighted by Gasteiger charge is 2.56. The molecule has 0 bridgehead atoms. The van der Waals surface area contributed by atoms with Crippen LogP contribution in [0.2, 0.25) is 0 Å². The van der Waals surface area contributed by atoms with Crippen LogP contribution in [-0.4, -0.2) is 127 Å². The number of carbonyl (C=O) groups is 5. The molecule has 6 aliphatic rings. The number of amides is 5. The highest BCUT2D eigenvalue weighted by molar-refractivity contribution is 6.17. The third kappa shape index (κ3) is 8.99. The fourth-order valence-corrected chi connectivity index (χ4v) is 10.8. The SMILES string of the molecule is COc1cc2c(Oc3ccc(NC(=O)C4(C(=O)Nc5ccc(F)cc5)CC4)cc3)ccnc2cc1N1CCC(CN2CCN(C3CN(c4ccc5c(c4)CN([C@H]4CCC(=O)NC4=O)C5=O)C3)CC2)CC1. The molecule has 5 aliphatic heterocycles. The van der Waals surface area contributed by atoms with Gasteiger partial charge in [0, 0.05) is 112 Å². The zero-order chi connectivity index (χ0) is 48.1. The average Bonchev–Trinajstić information content (AvgIpc) is 4.11. The molecule has 3 N–H and O–H groups in total. The summed E-state index contributed by atoms with van der Waals surface area (Å²) in [5, 5.41) is 8.80. The van der Waals surface area contributed by atoms with E-state index < -0.39 is 23.2 Å². The van der Waals surface area contributed by atoms with Crippen molar-refractivity contribution in [3.8, 4) is 17.2 Å². The number of nitrogens with zero attached hydrogens (tertiary/aromatic N) is 6. The lowest BCUT2D eigenvalue weighted by Gasteiger charge is -2.49. The Morgan fingerprint density at radius 1 is 0.800 bits per heavy atom. The van der Waals surface area contributed by atoms with Crippen molar-refractivity contribution in [2.24, 2.45) is 11.3 Å². The van der Waals surface area contributed by atoms with Gasteiger partial charge in [0.25, 0.3) is 5.91 Å². The molecule has 1 saturated carbocycles. The van der Waals surface area contributed by atoms with E-state index in [4.69, 9.17) is 14.5 Å². The van der Waals surface area contributed by atoms with Gasteiger partial charge in [-0.3, -0.25) is 39.2 Å². The lowest BCUT2D eigenvalue weighted by Crippen LogP contribution is -2.63. The number of piperidine rings is 2. The Balaban J connectivity index is 0.636. The van der Waals surface area contributed by atoms with Crippen molar-refractivity contribution >= 4 is 63.2 Å². The molecule has 4 saturated heterocycles. The number of benzene rings is 4. The molecule has 17 heteroatoms. The molecule has 5 amide bonds. The summed E-state index contributed by atoms with van der Waals surface area (Å²) in [6.45, 7) is 9.47. The number of hydrogen-bond acceptors (Lipinski definition) is 12. The number of anilines is 4. The fourth-order valence-electron chi connectivity index (χ4n) is 10.8. The lowest BCUT2D eigenvalue weighted by molar-refractivity contribution is -0.137. The number of imide groups is 1. The Hall–Kier alpha value is -7.11. The van der Waals surface area contributed by atoms with Crippen molar-refractivity contribution in [2.45, 2.75) is 57.2 Å². The largest absolute Gasteiger partial charge is 0.495 e.